The van der Waals surface area contributed by atoms with Gasteiger partial charge in [-0.3, -0.25) is 4.79 Å². The summed E-state index contributed by atoms with van der Waals surface area (Å²) in [7, 11) is -5.89. The molecule has 0 saturated heterocycles. The van der Waals surface area contributed by atoms with Crippen LogP contribution in [0.1, 0.15) is 0 Å². The molecule has 0 unspecified atom stereocenters. The van der Waals surface area contributed by atoms with Crippen LogP contribution in [0, 0.1) is 0 Å². The Balaban J connectivity index is 2.25. The predicted octanol–water partition coefficient (Wildman–Crippen LogP) is 2.62. The molecule has 3 rings (SSSR count). The number of aromatic amines is 1. The number of aromatic nitrogens is 1. The molecular weight excluding hydrogens is 351 g/mol. The first-order chi connectivity index (χ1) is 11.1. The summed E-state index contributed by atoms with van der Waals surface area (Å²) in [5.41, 5.74) is -5.87. The summed E-state index contributed by atoms with van der Waals surface area (Å²) in [6.45, 7) is 0. The van der Waals surface area contributed by atoms with Crippen molar-refractivity contribution in [3.63, 3.8) is 0 Å². The van der Waals surface area contributed by atoms with Gasteiger partial charge >= 0.3 is 15.6 Å². The molecule has 0 aliphatic carbocycles. The Morgan fingerprint density at radius 2 is 1.75 bits per heavy atom. The first kappa shape index (κ1) is 16.1. The molecule has 0 saturated carbocycles. The highest BCUT2D eigenvalue weighted by Crippen LogP contribution is 2.32. The molecule has 6 nitrogen and oxygen atoms in total. The molecule has 2 aromatic carbocycles. The molecule has 126 valence electrons. The SMILES string of the molecule is O=c1c2ccccc2[nH]c2cc(OS(=O)(=O)C(F)(F)F)cc(O)c12. The minimum atomic E-state index is -5.89. The summed E-state index contributed by atoms with van der Waals surface area (Å²) in [4.78, 5) is 15.1. The normalized spacial score (nSPS) is 12.6. The first-order valence-corrected chi connectivity index (χ1v) is 7.79. The van der Waals surface area contributed by atoms with Gasteiger partial charge in [0.25, 0.3) is 0 Å². The Morgan fingerprint density at radius 3 is 2.42 bits per heavy atom. The Labute approximate surface area is 132 Å². The van der Waals surface area contributed by atoms with Crippen LogP contribution in [0.5, 0.6) is 11.5 Å². The molecule has 10 heteroatoms. The van der Waals surface area contributed by atoms with E-state index in [9.17, 15) is 31.5 Å². The molecule has 2 N–H and O–H groups in total. The smallest absolute Gasteiger partial charge is 0.507 e. The highest BCUT2D eigenvalue weighted by molar-refractivity contribution is 7.88. The van der Waals surface area contributed by atoms with Gasteiger partial charge in [-0.25, -0.2) is 0 Å². The number of rotatable bonds is 2. The van der Waals surface area contributed by atoms with Gasteiger partial charge < -0.3 is 14.3 Å². The first-order valence-electron chi connectivity index (χ1n) is 6.38. The summed E-state index contributed by atoms with van der Waals surface area (Å²) in [6, 6.07) is 7.81. The largest absolute Gasteiger partial charge is 0.534 e. The van der Waals surface area contributed by atoms with Crippen molar-refractivity contribution >= 4 is 31.9 Å². The maximum atomic E-state index is 12.4. The zero-order chi connectivity index (χ0) is 17.7. The molecule has 0 radical (unpaired) electrons. The summed E-state index contributed by atoms with van der Waals surface area (Å²) >= 11 is 0. The van der Waals surface area contributed by atoms with Crippen LogP contribution in [0.3, 0.4) is 0 Å². The fourth-order valence-electron chi connectivity index (χ4n) is 2.23. The van der Waals surface area contributed by atoms with Crippen molar-refractivity contribution in [2.45, 2.75) is 5.51 Å². The number of aromatic hydroxyl groups is 1. The Kier molecular flexibility index (Phi) is 3.44. The molecule has 1 aromatic heterocycles. The number of fused-ring (bicyclic) bond motifs is 2. The van der Waals surface area contributed by atoms with E-state index < -0.39 is 32.6 Å². The third-order valence-corrected chi connectivity index (χ3v) is 4.23. The van der Waals surface area contributed by atoms with Crippen LogP contribution in [-0.2, 0) is 10.1 Å². The van der Waals surface area contributed by atoms with Crippen LogP contribution < -0.4 is 9.61 Å². The lowest BCUT2D eigenvalue weighted by Gasteiger charge is -2.11. The van der Waals surface area contributed by atoms with E-state index in [1.165, 1.54) is 6.07 Å². The maximum absolute atomic E-state index is 12.4. The minimum absolute atomic E-state index is 0.0638. The summed E-state index contributed by atoms with van der Waals surface area (Å²) in [5, 5.41) is 9.99. The number of benzene rings is 2. The molecule has 0 spiro atoms. The van der Waals surface area contributed by atoms with Crippen LogP contribution in [0.15, 0.2) is 41.2 Å². The van der Waals surface area contributed by atoms with Crippen molar-refractivity contribution in [3.05, 3.63) is 46.6 Å². The Bertz CT molecular complexity index is 1120. The highest BCUT2D eigenvalue weighted by Gasteiger charge is 2.48. The molecule has 0 bridgehead atoms. The van der Waals surface area contributed by atoms with Crippen LogP contribution in [0.4, 0.5) is 13.2 Å². The van der Waals surface area contributed by atoms with Gasteiger partial charge in [-0.15, -0.1) is 0 Å². The van der Waals surface area contributed by atoms with Gasteiger partial charge in [0.05, 0.1) is 10.9 Å². The molecule has 24 heavy (non-hydrogen) atoms. The van der Waals surface area contributed by atoms with Crippen molar-refractivity contribution in [1.82, 2.24) is 4.98 Å². The fourth-order valence-corrected chi connectivity index (χ4v) is 2.67. The number of hydrogen-bond acceptors (Lipinski definition) is 5. The van der Waals surface area contributed by atoms with E-state index in [-0.39, 0.29) is 16.3 Å². The second-order valence-electron chi connectivity index (χ2n) is 4.85. The summed E-state index contributed by atoms with van der Waals surface area (Å²) < 4.78 is 63.2. The van der Waals surface area contributed by atoms with E-state index in [4.69, 9.17) is 0 Å². The standard InChI is InChI=1S/C14H8F3NO5S/c15-14(16,17)24(21,22)23-7-5-10-12(11(19)6-7)13(20)8-3-1-2-4-9(8)18-10/h1-6,19H,(H,18,20). The molecule has 0 aliphatic rings. The minimum Gasteiger partial charge on any atom is -0.507 e. The number of phenolic OH excluding ortho intramolecular Hbond substituents is 1. The van der Waals surface area contributed by atoms with Crippen molar-refractivity contribution in [2.75, 3.05) is 0 Å². The van der Waals surface area contributed by atoms with Gasteiger partial charge in [-0.1, -0.05) is 12.1 Å². The zero-order valence-corrected chi connectivity index (χ0v) is 12.4. The monoisotopic (exact) mass is 359 g/mol. The Morgan fingerprint density at radius 1 is 1.08 bits per heavy atom. The van der Waals surface area contributed by atoms with Gasteiger partial charge in [0.2, 0.25) is 5.43 Å². The Hall–Kier alpha value is -2.75. The molecule has 0 amide bonds. The molecule has 0 aliphatic heterocycles. The third-order valence-electron chi connectivity index (χ3n) is 3.25. The lowest BCUT2D eigenvalue weighted by molar-refractivity contribution is -0.0500. The summed E-state index contributed by atoms with van der Waals surface area (Å²) in [6.07, 6.45) is 0. The molecule has 1 heterocycles. The lowest BCUT2D eigenvalue weighted by Crippen LogP contribution is -2.28. The molecular formula is C14H8F3NO5S. The number of alkyl halides is 3. The number of H-pyrrole nitrogens is 1. The average Bonchev–Trinajstić information content (AvgIpc) is 2.45. The molecule has 0 atom stereocenters. The van der Waals surface area contributed by atoms with Crippen molar-refractivity contribution in [3.8, 4) is 11.5 Å². The van der Waals surface area contributed by atoms with Crippen LogP contribution >= 0.6 is 0 Å². The second kappa shape index (κ2) is 5.13. The van der Waals surface area contributed by atoms with E-state index in [1.807, 2.05) is 0 Å². The van der Waals surface area contributed by atoms with E-state index in [1.54, 1.807) is 18.2 Å². The number of phenols is 1. The zero-order valence-electron chi connectivity index (χ0n) is 11.6. The number of hydrogen-bond donors (Lipinski definition) is 2. The van der Waals surface area contributed by atoms with E-state index in [2.05, 4.69) is 9.17 Å². The quantitative estimate of drug-likeness (QED) is 0.417. The van der Waals surface area contributed by atoms with Crippen molar-refractivity contribution < 1.29 is 30.9 Å². The van der Waals surface area contributed by atoms with Crippen molar-refractivity contribution in [1.29, 1.82) is 0 Å². The van der Waals surface area contributed by atoms with Crippen LogP contribution in [0.25, 0.3) is 21.8 Å². The molecule has 0 fully saturated rings. The summed E-state index contributed by atoms with van der Waals surface area (Å²) in [5.74, 6) is -1.48. The number of nitrogens with one attached hydrogen (secondary N) is 1. The predicted molar refractivity (Wildman–Crippen MR) is 79.3 cm³/mol. The third kappa shape index (κ3) is 2.54. The van der Waals surface area contributed by atoms with Gasteiger partial charge in [0.1, 0.15) is 11.5 Å². The number of para-hydroxylation sites is 1. The van der Waals surface area contributed by atoms with Gasteiger partial charge in [0, 0.05) is 23.0 Å². The molecule has 3 aromatic rings. The van der Waals surface area contributed by atoms with E-state index >= 15 is 0 Å². The van der Waals surface area contributed by atoms with Gasteiger partial charge in [0.15, 0.2) is 0 Å². The van der Waals surface area contributed by atoms with Crippen LogP contribution in [0.2, 0.25) is 0 Å². The highest BCUT2D eigenvalue weighted by atomic mass is 32.2. The average molecular weight is 359 g/mol. The van der Waals surface area contributed by atoms with E-state index in [0.717, 1.165) is 6.07 Å². The second-order valence-corrected chi connectivity index (χ2v) is 6.39. The number of pyridine rings is 1. The topological polar surface area (TPSA) is 96.5 Å². The lowest BCUT2D eigenvalue weighted by atomic mass is 10.1. The van der Waals surface area contributed by atoms with Gasteiger partial charge in [-0.2, -0.15) is 21.6 Å². The number of halogens is 3. The van der Waals surface area contributed by atoms with Gasteiger partial charge in [-0.05, 0) is 12.1 Å². The maximum Gasteiger partial charge on any atom is 0.534 e. The van der Waals surface area contributed by atoms with E-state index in [0.29, 0.717) is 11.6 Å². The van der Waals surface area contributed by atoms with Crippen molar-refractivity contribution in [2.24, 2.45) is 0 Å². The fraction of sp³-hybridized carbons (Fsp3) is 0.0714. The van der Waals surface area contributed by atoms with Crippen LogP contribution in [-0.4, -0.2) is 24.0 Å².